The zero-order valence-electron chi connectivity index (χ0n) is 10.4. The van der Waals surface area contributed by atoms with Gasteiger partial charge in [0, 0.05) is 18.8 Å². The van der Waals surface area contributed by atoms with E-state index in [0.717, 1.165) is 10.1 Å². The highest BCUT2D eigenvalue weighted by molar-refractivity contribution is 5.87. The molecule has 0 fully saturated rings. The molecule has 6 heteroatoms. The molecule has 0 aliphatic carbocycles. The molecule has 6 nitrogen and oxygen atoms in total. The van der Waals surface area contributed by atoms with Crippen molar-refractivity contribution in [1.29, 1.82) is 0 Å². The van der Waals surface area contributed by atoms with Crippen LogP contribution in [0.25, 0.3) is 5.65 Å². The molecule has 0 amide bonds. The number of carboxylic acids is 1. The van der Waals surface area contributed by atoms with Crippen LogP contribution in [0.15, 0.2) is 53.6 Å². The minimum atomic E-state index is -1.26. The maximum absolute atomic E-state index is 11.9. The van der Waals surface area contributed by atoms with Crippen molar-refractivity contribution in [3.8, 4) is 0 Å². The Hall–Kier alpha value is -2.89. The molecule has 3 aromatic rings. The number of hydrogen-bond donors (Lipinski definition) is 1. The fourth-order valence-corrected chi connectivity index (χ4v) is 2.12. The van der Waals surface area contributed by atoms with E-state index >= 15 is 0 Å². The van der Waals surface area contributed by atoms with Crippen LogP contribution in [0.4, 0.5) is 0 Å². The van der Waals surface area contributed by atoms with Crippen molar-refractivity contribution in [2.75, 3.05) is 0 Å². The summed E-state index contributed by atoms with van der Waals surface area (Å²) in [4.78, 5) is 23.1. The Labute approximate surface area is 113 Å². The van der Waals surface area contributed by atoms with Gasteiger partial charge >= 0.3 is 5.97 Å². The number of carboxylic acid groups (broad SMARTS) is 1. The maximum atomic E-state index is 11.9. The molecule has 0 saturated carbocycles. The number of aromatic carboxylic acids is 1. The number of aromatic nitrogens is 3. The number of nitrogens with zero attached hydrogens (tertiary/aromatic N) is 3. The maximum Gasteiger partial charge on any atom is 0.342 e. The molecule has 3 rings (SSSR count). The molecule has 0 aliphatic heterocycles. The van der Waals surface area contributed by atoms with Gasteiger partial charge in [-0.3, -0.25) is 4.79 Å². The summed E-state index contributed by atoms with van der Waals surface area (Å²) >= 11 is 0. The third kappa shape index (κ3) is 1.97. The van der Waals surface area contributed by atoms with Crippen LogP contribution in [0.1, 0.15) is 15.9 Å². The predicted octanol–water partition coefficient (Wildman–Crippen LogP) is 1.24. The SMILES string of the molecule is O=C(O)c1cn(Cc2ccccc2)c2ccnn2c1=O. The summed E-state index contributed by atoms with van der Waals surface area (Å²) < 4.78 is 2.81. The number of hydrogen-bond acceptors (Lipinski definition) is 3. The summed E-state index contributed by atoms with van der Waals surface area (Å²) in [5.41, 5.74) is 0.651. The molecule has 0 unspecified atom stereocenters. The molecule has 1 aromatic carbocycles. The lowest BCUT2D eigenvalue weighted by Crippen LogP contribution is -2.25. The van der Waals surface area contributed by atoms with Gasteiger partial charge in [-0.25, -0.2) is 4.79 Å². The molecular formula is C14H11N3O3. The first-order valence-electron chi connectivity index (χ1n) is 6.01. The van der Waals surface area contributed by atoms with Crippen LogP contribution in [0.3, 0.4) is 0 Å². The van der Waals surface area contributed by atoms with Gasteiger partial charge in [-0.05, 0) is 5.56 Å². The third-order valence-corrected chi connectivity index (χ3v) is 3.05. The average Bonchev–Trinajstić information content (AvgIpc) is 2.93. The Balaban J connectivity index is 2.20. The fourth-order valence-electron chi connectivity index (χ4n) is 2.12. The molecule has 0 bridgehead atoms. The Kier molecular flexibility index (Phi) is 2.83. The van der Waals surface area contributed by atoms with E-state index in [4.69, 9.17) is 5.11 Å². The topological polar surface area (TPSA) is 76.6 Å². The van der Waals surface area contributed by atoms with Crippen LogP contribution in [0, 0.1) is 0 Å². The van der Waals surface area contributed by atoms with E-state index in [1.54, 1.807) is 10.6 Å². The van der Waals surface area contributed by atoms with Gasteiger partial charge in [0.15, 0.2) is 0 Å². The standard InChI is InChI=1S/C14H11N3O3/c18-13-11(14(19)20)9-16(12-6-7-15-17(12)13)8-10-4-2-1-3-5-10/h1-7,9H,8H2,(H,19,20). The van der Waals surface area contributed by atoms with E-state index < -0.39 is 11.5 Å². The summed E-state index contributed by atoms with van der Waals surface area (Å²) in [6, 6.07) is 11.3. The van der Waals surface area contributed by atoms with Crippen molar-refractivity contribution in [2.45, 2.75) is 6.54 Å². The first-order valence-corrected chi connectivity index (χ1v) is 6.01. The van der Waals surface area contributed by atoms with Gasteiger partial charge in [0.2, 0.25) is 0 Å². The molecule has 1 N–H and O–H groups in total. The second kappa shape index (κ2) is 4.65. The largest absolute Gasteiger partial charge is 0.477 e. The predicted molar refractivity (Wildman–Crippen MR) is 72.0 cm³/mol. The lowest BCUT2D eigenvalue weighted by atomic mass is 10.2. The second-order valence-corrected chi connectivity index (χ2v) is 4.37. The Morgan fingerprint density at radius 1 is 1.20 bits per heavy atom. The molecule has 0 spiro atoms. The van der Waals surface area contributed by atoms with Gasteiger partial charge < -0.3 is 9.67 Å². The minimum Gasteiger partial charge on any atom is -0.477 e. The summed E-state index contributed by atoms with van der Waals surface area (Å²) in [5.74, 6) is -1.26. The van der Waals surface area contributed by atoms with Gasteiger partial charge in [-0.1, -0.05) is 30.3 Å². The monoisotopic (exact) mass is 269 g/mol. The Bertz CT molecular complexity index is 834. The van der Waals surface area contributed by atoms with E-state index in [0.29, 0.717) is 12.2 Å². The van der Waals surface area contributed by atoms with Gasteiger partial charge in [0.25, 0.3) is 5.56 Å². The Morgan fingerprint density at radius 3 is 2.65 bits per heavy atom. The van der Waals surface area contributed by atoms with Crippen molar-refractivity contribution in [2.24, 2.45) is 0 Å². The molecule has 2 aromatic heterocycles. The summed E-state index contributed by atoms with van der Waals surface area (Å²) in [5, 5.41) is 13.0. The lowest BCUT2D eigenvalue weighted by molar-refractivity contribution is 0.0693. The van der Waals surface area contributed by atoms with Crippen LogP contribution < -0.4 is 5.56 Å². The van der Waals surface area contributed by atoms with Gasteiger partial charge in [-0.15, -0.1) is 0 Å². The van der Waals surface area contributed by atoms with Crippen LogP contribution in [-0.2, 0) is 6.54 Å². The summed E-state index contributed by atoms with van der Waals surface area (Å²) in [7, 11) is 0. The highest BCUT2D eigenvalue weighted by atomic mass is 16.4. The fraction of sp³-hybridized carbons (Fsp3) is 0.0714. The smallest absolute Gasteiger partial charge is 0.342 e. The highest BCUT2D eigenvalue weighted by Crippen LogP contribution is 2.08. The first-order chi connectivity index (χ1) is 9.66. The second-order valence-electron chi connectivity index (χ2n) is 4.37. The summed E-state index contributed by atoms with van der Waals surface area (Å²) in [6.45, 7) is 0.469. The highest BCUT2D eigenvalue weighted by Gasteiger charge is 2.14. The van der Waals surface area contributed by atoms with Crippen molar-refractivity contribution < 1.29 is 9.90 Å². The number of benzene rings is 1. The number of rotatable bonds is 3. The lowest BCUT2D eigenvalue weighted by Gasteiger charge is -2.10. The molecular weight excluding hydrogens is 258 g/mol. The van der Waals surface area contributed by atoms with E-state index in [2.05, 4.69) is 5.10 Å². The number of fused-ring (bicyclic) bond motifs is 1. The zero-order chi connectivity index (χ0) is 14.1. The molecule has 0 aliphatic rings. The molecule has 100 valence electrons. The molecule has 2 heterocycles. The molecule has 20 heavy (non-hydrogen) atoms. The molecule has 0 radical (unpaired) electrons. The van der Waals surface area contributed by atoms with Crippen molar-refractivity contribution in [1.82, 2.24) is 14.2 Å². The minimum absolute atomic E-state index is 0.294. The molecule has 0 atom stereocenters. The van der Waals surface area contributed by atoms with E-state index in [1.807, 2.05) is 30.3 Å². The van der Waals surface area contributed by atoms with Crippen molar-refractivity contribution >= 4 is 11.6 Å². The first kappa shape index (κ1) is 12.2. The van der Waals surface area contributed by atoms with Gasteiger partial charge in [0.1, 0.15) is 11.2 Å². The van der Waals surface area contributed by atoms with E-state index in [-0.39, 0.29) is 5.56 Å². The summed E-state index contributed by atoms with van der Waals surface area (Å²) in [6.07, 6.45) is 2.83. The zero-order valence-corrected chi connectivity index (χ0v) is 10.4. The quantitative estimate of drug-likeness (QED) is 0.776. The van der Waals surface area contributed by atoms with Gasteiger partial charge in [0.05, 0.1) is 6.20 Å². The van der Waals surface area contributed by atoms with E-state index in [1.165, 1.54) is 12.4 Å². The van der Waals surface area contributed by atoms with E-state index in [9.17, 15) is 9.59 Å². The average molecular weight is 269 g/mol. The van der Waals surface area contributed by atoms with Crippen molar-refractivity contribution in [3.05, 3.63) is 70.3 Å². The van der Waals surface area contributed by atoms with Crippen LogP contribution >= 0.6 is 0 Å². The van der Waals surface area contributed by atoms with Crippen molar-refractivity contribution in [3.63, 3.8) is 0 Å². The normalized spacial score (nSPS) is 10.8. The Morgan fingerprint density at radius 2 is 1.95 bits per heavy atom. The van der Waals surface area contributed by atoms with Crippen LogP contribution in [0.2, 0.25) is 0 Å². The number of carbonyl (C=O) groups is 1. The molecule has 0 saturated heterocycles. The van der Waals surface area contributed by atoms with Crippen LogP contribution in [0.5, 0.6) is 0 Å². The van der Waals surface area contributed by atoms with Crippen LogP contribution in [-0.4, -0.2) is 25.3 Å². The van der Waals surface area contributed by atoms with Gasteiger partial charge in [-0.2, -0.15) is 9.61 Å². The third-order valence-electron chi connectivity index (χ3n) is 3.05.